The molecule has 1 aliphatic heterocycles. The van der Waals surface area contributed by atoms with Gasteiger partial charge in [0, 0.05) is 50.0 Å². The topological polar surface area (TPSA) is 52.9 Å². The average Bonchev–Trinajstić information content (AvgIpc) is 3.23. The van der Waals surface area contributed by atoms with Crippen LogP contribution in [0, 0.1) is 13.8 Å². The number of aromatic nitrogens is 2. The summed E-state index contributed by atoms with van der Waals surface area (Å²) in [5.41, 5.74) is 9.00. The fourth-order valence-electron chi connectivity index (χ4n) is 5.00. The minimum Gasteiger partial charge on any atom is -0.333 e. The van der Waals surface area contributed by atoms with Gasteiger partial charge in [0.2, 0.25) is 0 Å². The number of fused-ring (bicyclic) bond motifs is 1. The number of hydrogen-bond donors (Lipinski definition) is 1. The van der Waals surface area contributed by atoms with E-state index in [1.807, 2.05) is 31.7 Å². The van der Waals surface area contributed by atoms with Crippen molar-refractivity contribution in [2.75, 3.05) is 26.2 Å². The lowest BCUT2D eigenvalue weighted by Gasteiger charge is -2.36. The summed E-state index contributed by atoms with van der Waals surface area (Å²) in [6.45, 7) is 14.2. The maximum Gasteiger partial charge on any atom is 0.317 e. The highest BCUT2D eigenvalue weighted by Gasteiger charge is 2.26. The van der Waals surface area contributed by atoms with Crippen molar-refractivity contribution < 1.29 is 4.79 Å². The molecule has 192 valence electrons. The molecule has 0 spiro atoms. The number of nitrogens with one attached hydrogen (secondary N) is 1. The molecule has 0 aliphatic carbocycles. The van der Waals surface area contributed by atoms with Crippen molar-refractivity contribution >= 4 is 11.7 Å². The second-order valence-electron chi connectivity index (χ2n) is 11.2. The van der Waals surface area contributed by atoms with Gasteiger partial charge in [0.1, 0.15) is 5.65 Å². The number of hydrogen-bond acceptors (Lipinski definition) is 3. The van der Waals surface area contributed by atoms with Crippen LogP contribution < -0.4 is 5.32 Å². The van der Waals surface area contributed by atoms with E-state index >= 15 is 0 Å². The van der Waals surface area contributed by atoms with Gasteiger partial charge in [-0.15, -0.1) is 0 Å². The summed E-state index contributed by atoms with van der Waals surface area (Å²) in [6, 6.07) is 21.4. The first-order valence-corrected chi connectivity index (χ1v) is 13.1. The van der Waals surface area contributed by atoms with Crippen LogP contribution in [0.15, 0.2) is 66.9 Å². The van der Waals surface area contributed by atoms with E-state index in [0.717, 1.165) is 36.5 Å². The molecule has 2 aromatic carbocycles. The quantitative estimate of drug-likeness (QED) is 0.383. The van der Waals surface area contributed by atoms with Crippen molar-refractivity contribution in [2.24, 2.45) is 0 Å². The van der Waals surface area contributed by atoms with Crippen molar-refractivity contribution in [3.8, 4) is 22.4 Å². The van der Waals surface area contributed by atoms with Gasteiger partial charge in [-0.1, -0.05) is 54.1 Å². The lowest BCUT2D eigenvalue weighted by atomic mass is 10.00. The number of aryl methyl sites for hydroxylation is 2. The number of amides is 2. The van der Waals surface area contributed by atoms with Crippen molar-refractivity contribution in [1.29, 1.82) is 0 Å². The summed E-state index contributed by atoms with van der Waals surface area (Å²) in [7, 11) is 0. The standard InChI is InChI=1S/C31H37N5O/c1-22-11-12-23(2)26(19-22)25-13-14-28-32-29(24-9-7-6-8-10-24)27(36(28)20-25)21-34-15-17-35(18-16-34)30(37)33-31(3,4)5/h6-14,19-20H,15-18,21H2,1-5H3,(H,33,37). The third-order valence-corrected chi connectivity index (χ3v) is 6.98. The molecule has 3 heterocycles. The predicted octanol–water partition coefficient (Wildman–Crippen LogP) is 5.91. The second kappa shape index (κ2) is 10.0. The Morgan fingerprint density at radius 2 is 1.65 bits per heavy atom. The van der Waals surface area contributed by atoms with Crippen molar-refractivity contribution in [1.82, 2.24) is 24.5 Å². The van der Waals surface area contributed by atoms with E-state index in [-0.39, 0.29) is 11.6 Å². The Labute approximate surface area is 219 Å². The fourth-order valence-corrected chi connectivity index (χ4v) is 5.00. The van der Waals surface area contributed by atoms with Gasteiger partial charge in [-0.25, -0.2) is 9.78 Å². The Hall–Kier alpha value is -3.64. The van der Waals surface area contributed by atoms with Crippen molar-refractivity contribution in [3.05, 3.63) is 83.7 Å². The minimum absolute atomic E-state index is 0.0186. The molecule has 1 saturated heterocycles. The second-order valence-corrected chi connectivity index (χ2v) is 11.2. The number of pyridine rings is 1. The molecule has 6 nitrogen and oxygen atoms in total. The Morgan fingerprint density at radius 1 is 0.919 bits per heavy atom. The Morgan fingerprint density at radius 3 is 2.35 bits per heavy atom. The van der Waals surface area contributed by atoms with Crippen molar-refractivity contribution in [3.63, 3.8) is 0 Å². The van der Waals surface area contributed by atoms with E-state index in [9.17, 15) is 4.79 Å². The number of urea groups is 1. The van der Waals surface area contributed by atoms with E-state index in [1.165, 1.54) is 27.9 Å². The summed E-state index contributed by atoms with van der Waals surface area (Å²) in [5, 5.41) is 3.09. The van der Waals surface area contributed by atoms with Gasteiger partial charge in [-0.05, 0) is 63.4 Å². The molecule has 6 heteroatoms. The summed E-state index contributed by atoms with van der Waals surface area (Å²) in [5.74, 6) is 0. The van der Waals surface area contributed by atoms with Crippen LogP contribution in [-0.2, 0) is 6.54 Å². The van der Waals surface area contributed by atoms with Gasteiger partial charge in [0.25, 0.3) is 0 Å². The largest absolute Gasteiger partial charge is 0.333 e. The maximum absolute atomic E-state index is 12.7. The fraction of sp³-hybridized carbons (Fsp3) is 0.355. The van der Waals surface area contributed by atoms with E-state index < -0.39 is 0 Å². The highest BCUT2D eigenvalue weighted by atomic mass is 16.2. The summed E-state index contributed by atoms with van der Waals surface area (Å²) in [4.78, 5) is 22.1. The van der Waals surface area contributed by atoms with E-state index in [1.54, 1.807) is 0 Å². The lowest BCUT2D eigenvalue weighted by molar-refractivity contribution is 0.130. The van der Waals surface area contributed by atoms with Gasteiger partial charge in [0.15, 0.2) is 0 Å². The van der Waals surface area contributed by atoms with Crippen LogP contribution in [-0.4, -0.2) is 56.9 Å². The average molecular weight is 496 g/mol. The Bertz CT molecular complexity index is 1410. The highest BCUT2D eigenvalue weighted by Crippen LogP contribution is 2.30. The summed E-state index contributed by atoms with van der Waals surface area (Å²) >= 11 is 0. The van der Waals surface area contributed by atoms with Gasteiger partial charge in [0.05, 0.1) is 11.4 Å². The van der Waals surface area contributed by atoms with Gasteiger partial charge >= 0.3 is 6.03 Å². The number of imidazole rings is 1. The zero-order chi connectivity index (χ0) is 26.2. The molecule has 2 amide bonds. The van der Waals surface area contributed by atoms with Crippen LogP contribution in [0.25, 0.3) is 28.0 Å². The molecular weight excluding hydrogens is 458 g/mol. The molecule has 2 aromatic heterocycles. The number of rotatable bonds is 4. The molecule has 0 unspecified atom stereocenters. The zero-order valence-electron chi connectivity index (χ0n) is 22.6. The molecule has 0 atom stereocenters. The van der Waals surface area contributed by atoms with Crippen molar-refractivity contribution in [2.45, 2.75) is 46.7 Å². The van der Waals surface area contributed by atoms with Gasteiger partial charge < -0.3 is 14.6 Å². The lowest BCUT2D eigenvalue weighted by Crippen LogP contribution is -2.54. The van der Waals surface area contributed by atoms with E-state index in [4.69, 9.17) is 4.98 Å². The number of piperazine rings is 1. The number of carbonyl (C=O) groups is 1. The monoisotopic (exact) mass is 495 g/mol. The molecule has 1 fully saturated rings. The molecule has 0 bridgehead atoms. The minimum atomic E-state index is -0.233. The molecule has 37 heavy (non-hydrogen) atoms. The van der Waals surface area contributed by atoms with Gasteiger partial charge in [-0.3, -0.25) is 4.90 Å². The molecule has 1 aliphatic rings. The third kappa shape index (κ3) is 5.54. The number of benzene rings is 2. The van der Waals surface area contributed by atoms with Crippen LogP contribution >= 0.6 is 0 Å². The zero-order valence-corrected chi connectivity index (χ0v) is 22.6. The van der Waals surface area contributed by atoms with Crippen LogP contribution in [0.2, 0.25) is 0 Å². The smallest absolute Gasteiger partial charge is 0.317 e. The molecule has 4 aromatic rings. The highest BCUT2D eigenvalue weighted by molar-refractivity contribution is 5.75. The normalized spacial score (nSPS) is 14.8. The first-order valence-electron chi connectivity index (χ1n) is 13.1. The SMILES string of the molecule is Cc1ccc(C)c(-c2ccc3nc(-c4ccccc4)c(CN4CCN(C(=O)NC(C)(C)C)CC4)n3c2)c1. The summed E-state index contributed by atoms with van der Waals surface area (Å²) < 4.78 is 2.26. The van der Waals surface area contributed by atoms with E-state index in [0.29, 0.717) is 13.1 Å². The first-order chi connectivity index (χ1) is 17.7. The van der Waals surface area contributed by atoms with E-state index in [2.05, 4.69) is 89.3 Å². The molecular formula is C31H37N5O. The maximum atomic E-state index is 12.7. The van der Waals surface area contributed by atoms with Crippen LogP contribution in [0.4, 0.5) is 4.79 Å². The van der Waals surface area contributed by atoms with Crippen LogP contribution in [0.5, 0.6) is 0 Å². The van der Waals surface area contributed by atoms with Gasteiger partial charge in [-0.2, -0.15) is 0 Å². The van der Waals surface area contributed by atoms with Crippen LogP contribution in [0.1, 0.15) is 37.6 Å². The molecule has 0 saturated carbocycles. The molecule has 1 N–H and O–H groups in total. The third-order valence-electron chi connectivity index (χ3n) is 6.98. The number of nitrogens with zero attached hydrogens (tertiary/aromatic N) is 4. The Balaban J connectivity index is 1.47. The first kappa shape index (κ1) is 25.0. The van der Waals surface area contributed by atoms with Crippen LogP contribution in [0.3, 0.4) is 0 Å². The number of carbonyl (C=O) groups excluding carboxylic acids is 1. The molecule has 5 rings (SSSR count). The summed E-state index contributed by atoms with van der Waals surface area (Å²) in [6.07, 6.45) is 2.24. The Kier molecular flexibility index (Phi) is 6.78. The molecule has 0 radical (unpaired) electrons. The predicted molar refractivity (Wildman–Crippen MR) is 151 cm³/mol.